The van der Waals surface area contributed by atoms with Crippen LogP contribution >= 0.6 is 0 Å². The van der Waals surface area contributed by atoms with Gasteiger partial charge in [-0.1, -0.05) is 30.3 Å². The van der Waals surface area contributed by atoms with E-state index in [0.29, 0.717) is 25.3 Å². The zero-order valence-corrected chi connectivity index (χ0v) is 14.0. The number of amides is 1. The van der Waals surface area contributed by atoms with E-state index in [2.05, 4.69) is 34.1 Å². The molecule has 0 atom stereocenters. The van der Waals surface area contributed by atoms with Crippen molar-refractivity contribution in [1.29, 1.82) is 0 Å². The molecule has 1 amide bonds. The Morgan fingerprint density at radius 2 is 1.88 bits per heavy atom. The maximum Gasteiger partial charge on any atom is 0.246 e. The Balaban J connectivity index is 1.32. The molecule has 0 saturated heterocycles. The fourth-order valence-electron chi connectivity index (χ4n) is 3.51. The highest BCUT2D eigenvalue weighted by molar-refractivity contribution is 5.87. The molecule has 2 aromatic rings. The molecule has 0 bridgehead atoms. The number of benzene rings is 1. The quantitative estimate of drug-likeness (QED) is 0.629. The van der Waals surface area contributed by atoms with E-state index < -0.39 is 0 Å². The molecule has 3 heterocycles. The van der Waals surface area contributed by atoms with Gasteiger partial charge in [0.05, 0.1) is 12.7 Å². The Bertz CT molecular complexity index is 815. The van der Waals surface area contributed by atoms with Crippen molar-refractivity contribution < 1.29 is 9.59 Å². The first-order valence-corrected chi connectivity index (χ1v) is 8.49. The largest absolute Gasteiger partial charge is 0.330 e. The monoisotopic (exact) mass is 336 g/mol. The van der Waals surface area contributed by atoms with Crippen LogP contribution in [-0.2, 0) is 31.0 Å². The minimum atomic E-state index is -0.00128. The van der Waals surface area contributed by atoms with Crippen LogP contribution in [0, 0.1) is 0 Å². The summed E-state index contributed by atoms with van der Waals surface area (Å²) in [5.74, 6) is 0.767. The first kappa shape index (κ1) is 15.8. The van der Waals surface area contributed by atoms with Gasteiger partial charge < -0.3 is 9.47 Å². The second kappa shape index (κ2) is 6.64. The Hall–Kier alpha value is -2.73. The van der Waals surface area contributed by atoms with Gasteiger partial charge in [-0.05, 0) is 11.1 Å². The van der Waals surface area contributed by atoms with Gasteiger partial charge in [0.2, 0.25) is 5.91 Å². The van der Waals surface area contributed by atoms with E-state index in [4.69, 9.17) is 0 Å². The van der Waals surface area contributed by atoms with Crippen molar-refractivity contribution in [3.63, 3.8) is 0 Å². The summed E-state index contributed by atoms with van der Waals surface area (Å²) in [6.07, 6.45) is 5.97. The third-order valence-electron chi connectivity index (χ3n) is 4.86. The van der Waals surface area contributed by atoms with Crippen molar-refractivity contribution in [2.45, 2.75) is 26.2 Å². The summed E-state index contributed by atoms with van der Waals surface area (Å²) in [6, 6.07) is 8.46. The zero-order chi connectivity index (χ0) is 17.2. The van der Waals surface area contributed by atoms with Crippen molar-refractivity contribution in [2.75, 3.05) is 13.1 Å². The molecule has 1 aromatic heterocycles. The number of rotatable bonds is 4. The van der Waals surface area contributed by atoms with Gasteiger partial charge in [0.25, 0.3) is 0 Å². The van der Waals surface area contributed by atoms with Crippen LogP contribution in [0.2, 0.25) is 0 Å². The lowest BCUT2D eigenvalue weighted by molar-refractivity contribution is -0.127. The highest BCUT2D eigenvalue weighted by Gasteiger charge is 2.22. The molecule has 2 aliphatic rings. The maximum absolute atomic E-state index is 12.4. The average Bonchev–Trinajstić information content (AvgIpc) is 3.24. The third-order valence-corrected chi connectivity index (χ3v) is 4.86. The molecule has 0 spiro atoms. The number of nitrogens with zero attached hydrogens (tertiary/aromatic N) is 4. The number of hydrogen-bond donors (Lipinski definition) is 0. The highest BCUT2D eigenvalue weighted by Crippen LogP contribution is 2.21. The molecule has 0 unspecified atom stereocenters. The summed E-state index contributed by atoms with van der Waals surface area (Å²) in [6.45, 7) is 4.30. The fraction of sp³-hybridized carbons (Fsp3) is 0.316. The predicted octanol–water partition coefficient (Wildman–Crippen LogP) is 1.61. The van der Waals surface area contributed by atoms with Crippen molar-refractivity contribution in [2.24, 2.45) is 0 Å². The van der Waals surface area contributed by atoms with Gasteiger partial charge in [-0.3, -0.25) is 14.5 Å². The van der Waals surface area contributed by atoms with E-state index in [1.54, 1.807) is 17.2 Å². The zero-order valence-electron chi connectivity index (χ0n) is 14.0. The Morgan fingerprint density at radius 3 is 2.60 bits per heavy atom. The van der Waals surface area contributed by atoms with E-state index >= 15 is 0 Å². The Morgan fingerprint density at radius 1 is 1.12 bits per heavy atom. The molecule has 0 aliphatic carbocycles. The lowest BCUT2D eigenvalue weighted by atomic mass is 10.1. The Kier molecular flexibility index (Phi) is 4.19. The van der Waals surface area contributed by atoms with Crippen molar-refractivity contribution in [3.05, 3.63) is 65.3 Å². The second-order valence-electron chi connectivity index (χ2n) is 6.47. The van der Waals surface area contributed by atoms with Crippen molar-refractivity contribution in [3.8, 4) is 0 Å². The van der Waals surface area contributed by atoms with E-state index in [9.17, 15) is 9.59 Å². The van der Waals surface area contributed by atoms with Gasteiger partial charge >= 0.3 is 0 Å². The standard InChI is InChI=1S/C19H20N4O2/c24-14-17-10-20-18-13-22(8-9-23(17)18)19(25)6-3-7-21-11-15-4-1-2-5-16(15)12-21/h1-6,10,14H,7-9,11-13H2/b6-3+. The number of aromatic nitrogens is 2. The molecule has 128 valence electrons. The number of carbonyl (C=O) groups is 2. The molecular formula is C19H20N4O2. The van der Waals surface area contributed by atoms with E-state index in [-0.39, 0.29) is 5.91 Å². The molecule has 0 radical (unpaired) electrons. The number of hydrogen-bond acceptors (Lipinski definition) is 4. The van der Waals surface area contributed by atoms with Gasteiger partial charge in [0, 0.05) is 38.8 Å². The molecule has 6 nitrogen and oxygen atoms in total. The van der Waals surface area contributed by atoms with Crippen LogP contribution in [0.4, 0.5) is 0 Å². The SMILES string of the molecule is O=Cc1cnc2n1CCN(C(=O)/C=C/CN1Cc3ccccc3C1)C2. The number of fused-ring (bicyclic) bond motifs is 2. The fourth-order valence-corrected chi connectivity index (χ4v) is 3.51. The summed E-state index contributed by atoms with van der Waals surface area (Å²) < 4.78 is 1.88. The van der Waals surface area contributed by atoms with Gasteiger partial charge in [-0.2, -0.15) is 0 Å². The third kappa shape index (κ3) is 3.13. The molecular weight excluding hydrogens is 316 g/mol. The van der Waals surface area contributed by atoms with Crippen LogP contribution in [-0.4, -0.2) is 44.6 Å². The van der Waals surface area contributed by atoms with Gasteiger partial charge in [-0.25, -0.2) is 4.98 Å². The molecule has 1 aromatic carbocycles. The van der Waals surface area contributed by atoms with Crippen LogP contribution < -0.4 is 0 Å². The van der Waals surface area contributed by atoms with Gasteiger partial charge in [-0.15, -0.1) is 0 Å². The number of aldehydes is 1. The first-order chi connectivity index (χ1) is 12.2. The molecule has 6 heteroatoms. The number of carbonyl (C=O) groups excluding carboxylic acids is 2. The Labute approximate surface area is 146 Å². The van der Waals surface area contributed by atoms with Crippen LogP contribution in [0.3, 0.4) is 0 Å². The van der Waals surface area contributed by atoms with E-state index in [1.165, 1.54) is 11.1 Å². The minimum Gasteiger partial charge on any atom is -0.330 e. The maximum atomic E-state index is 12.4. The highest BCUT2D eigenvalue weighted by atomic mass is 16.2. The smallest absolute Gasteiger partial charge is 0.246 e. The van der Waals surface area contributed by atoms with E-state index in [0.717, 1.165) is 31.7 Å². The van der Waals surface area contributed by atoms with Crippen LogP contribution in [0.1, 0.15) is 27.4 Å². The molecule has 0 saturated carbocycles. The summed E-state index contributed by atoms with van der Waals surface area (Å²) in [4.78, 5) is 31.7. The average molecular weight is 336 g/mol. The minimum absolute atomic E-state index is 0.00128. The van der Waals surface area contributed by atoms with Crippen molar-refractivity contribution in [1.82, 2.24) is 19.4 Å². The first-order valence-electron chi connectivity index (χ1n) is 8.49. The lowest BCUT2D eigenvalue weighted by Gasteiger charge is -2.27. The molecule has 25 heavy (non-hydrogen) atoms. The topological polar surface area (TPSA) is 58.4 Å². The molecule has 2 aliphatic heterocycles. The van der Waals surface area contributed by atoms with Crippen molar-refractivity contribution >= 4 is 12.2 Å². The normalized spacial score (nSPS) is 16.9. The van der Waals surface area contributed by atoms with Crippen LogP contribution in [0.25, 0.3) is 0 Å². The van der Waals surface area contributed by atoms with E-state index in [1.807, 2.05) is 10.6 Å². The second-order valence-corrected chi connectivity index (χ2v) is 6.47. The molecule has 0 fully saturated rings. The van der Waals surface area contributed by atoms with Gasteiger partial charge in [0.15, 0.2) is 6.29 Å². The summed E-state index contributed by atoms with van der Waals surface area (Å²) in [7, 11) is 0. The lowest BCUT2D eigenvalue weighted by Crippen LogP contribution is -2.38. The number of imidazole rings is 1. The summed E-state index contributed by atoms with van der Waals surface area (Å²) in [5.41, 5.74) is 3.32. The summed E-state index contributed by atoms with van der Waals surface area (Å²) >= 11 is 0. The van der Waals surface area contributed by atoms with Gasteiger partial charge in [0.1, 0.15) is 11.5 Å². The predicted molar refractivity (Wildman–Crippen MR) is 92.7 cm³/mol. The molecule has 4 rings (SSSR count). The summed E-state index contributed by atoms with van der Waals surface area (Å²) in [5, 5.41) is 0. The van der Waals surface area contributed by atoms with Crippen LogP contribution in [0.5, 0.6) is 0 Å². The van der Waals surface area contributed by atoms with Crippen LogP contribution in [0.15, 0.2) is 42.6 Å². The molecule has 0 N–H and O–H groups in total.